The van der Waals surface area contributed by atoms with Gasteiger partial charge >= 0.3 is 0 Å². The molecule has 0 spiro atoms. The number of hydrogen-bond acceptors (Lipinski definition) is 8. The van der Waals surface area contributed by atoms with Crippen LogP contribution in [-0.4, -0.2) is 66.2 Å². The van der Waals surface area contributed by atoms with Crippen molar-refractivity contribution in [2.45, 2.75) is 32.4 Å². The summed E-state index contributed by atoms with van der Waals surface area (Å²) >= 11 is 1.62. The highest BCUT2D eigenvalue weighted by Crippen LogP contribution is 2.26. The maximum absolute atomic E-state index is 11.6. The molecular formula is C22H30N6O2S. The van der Waals surface area contributed by atoms with Gasteiger partial charge in [0.25, 0.3) is 0 Å². The number of carbonyl (C=O) groups excluding carboxylic acids is 1. The Morgan fingerprint density at radius 3 is 2.74 bits per heavy atom. The van der Waals surface area contributed by atoms with Gasteiger partial charge in [-0.25, -0.2) is 9.97 Å². The van der Waals surface area contributed by atoms with Gasteiger partial charge in [-0.05, 0) is 43.5 Å². The number of nitrogens with one attached hydrogen (secondary N) is 2. The Hall–Kier alpha value is -2.49. The molecule has 31 heavy (non-hydrogen) atoms. The molecule has 0 bridgehead atoms. The molecule has 4 rings (SSSR count). The Morgan fingerprint density at radius 1 is 1.29 bits per heavy atom. The molecule has 1 amide bonds. The van der Waals surface area contributed by atoms with Gasteiger partial charge in [-0.15, -0.1) is 11.3 Å². The zero-order chi connectivity index (χ0) is 21.6. The van der Waals surface area contributed by atoms with Gasteiger partial charge in [0.1, 0.15) is 11.6 Å². The van der Waals surface area contributed by atoms with Crippen LogP contribution in [-0.2, 0) is 16.1 Å². The third-order valence-electron chi connectivity index (χ3n) is 5.59. The van der Waals surface area contributed by atoms with E-state index < -0.39 is 0 Å². The van der Waals surface area contributed by atoms with E-state index in [0.29, 0.717) is 0 Å². The van der Waals surface area contributed by atoms with Gasteiger partial charge in [-0.2, -0.15) is 0 Å². The molecule has 2 aromatic rings. The summed E-state index contributed by atoms with van der Waals surface area (Å²) in [6.07, 6.45) is 4.99. The first-order chi connectivity index (χ1) is 15.1. The highest BCUT2D eigenvalue weighted by atomic mass is 32.1. The highest BCUT2D eigenvalue weighted by Gasteiger charge is 2.22. The fourth-order valence-corrected chi connectivity index (χ4v) is 4.61. The molecule has 2 aliphatic heterocycles. The van der Waals surface area contributed by atoms with E-state index in [1.165, 1.54) is 11.6 Å². The molecule has 0 aromatic carbocycles. The van der Waals surface area contributed by atoms with Crippen molar-refractivity contribution in [3.05, 3.63) is 41.4 Å². The topological polar surface area (TPSA) is 82.6 Å². The molecule has 9 heteroatoms. The molecule has 2 saturated heterocycles. The molecule has 0 aliphatic carbocycles. The minimum absolute atomic E-state index is 0.102. The van der Waals surface area contributed by atoms with Crippen LogP contribution >= 0.6 is 11.3 Å². The lowest BCUT2D eigenvalue weighted by Gasteiger charge is -2.33. The van der Waals surface area contributed by atoms with Crippen LogP contribution in [0.2, 0.25) is 0 Å². The molecule has 0 radical (unpaired) electrons. The van der Waals surface area contributed by atoms with Crippen LogP contribution in [0, 0.1) is 6.92 Å². The van der Waals surface area contributed by atoms with E-state index in [-0.39, 0.29) is 11.9 Å². The number of ether oxygens (including phenoxy) is 1. The van der Waals surface area contributed by atoms with E-state index in [0.717, 1.165) is 80.4 Å². The number of rotatable bonds is 7. The molecule has 0 unspecified atom stereocenters. The number of aryl methyl sites for hydroxylation is 1. The van der Waals surface area contributed by atoms with Crippen molar-refractivity contribution in [3.8, 4) is 0 Å². The predicted molar refractivity (Wildman–Crippen MR) is 124 cm³/mol. The van der Waals surface area contributed by atoms with Crippen LogP contribution < -0.4 is 15.5 Å². The Morgan fingerprint density at radius 2 is 2.06 bits per heavy atom. The monoisotopic (exact) mass is 442 g/mol. The number of aromatic nitrogens is 2. The minimum Gasteiger partial charge on any atom is -0.379 e. The summed E-state index contributed by atoms with van der Waals surface area (Å²) < 4.78 is 5.49. The maximum Gasteiger partial charge on any atom is 0.243 e. The Balaban J connectivity index is 1.49. The summed E-state index contributed by atoms with van der Waals surface area (Å²) in [6.45, 7) is 11.6. The summed E-state index contributed by atoms with van der Waals surface area (Å²) in [4.78, 5) is 26.8. The summed E-state index contributed by atoms with van der Waals surface area (Å²) in [5.41, 5.74) is 1.23. The van der Waals surface area contributed by atoms with Crippen molar-refractivity contribution >= 4 is 34.0 Å². The van der Waals surface area contributed by atoms with Crippen LogP contribution in [0.4, 0.5) is 16.8 Å². The fourth-order valence-electron chi connectivity index (χ4n) is 3.94. The van der Waals surface area contributed by atoms with E-state index in [9.17, 15) is 4.79 Å². The number of piperidine rings is 1. The summed E-state index contributed by atoms with van der Waals surface area (Å²) in [5.74, 6) is 1.68. The van der Waals surface area contributed by atoms with Crippen molar-refractivity contribution in [2.24, 2.45) is 0 Å². The number of hydrogen-bond donors (Lipinski definition) is 2. The number of carbonyl (C=O) groups is 1. The molecule has 166 valence electrons. The van der Waals surface area contributed by atoms with E-state index in [2.05, 4.69) is 44.1 Å². The minimum atomic E-state index is -0.102. The molecule has 2 fully saturated rings. The van der Waals surface area contributed by atoms with Gasteiger partial charge in [-0.1, -0.05) is 6.58 Å². The number of anilines is 3. The predicted octanol–water partition coefficient (Wildman–Crippen LogP) is 2.69. The lowest BCUT2D eigenvalue weighted by molar-refractivity contribution is -0.117. The van der Waals surface area contributed by atoms with Crippen LogP contribution in [0.5, 0.6) is 0 Å². The molecule has 2 aliphatic rings. The van der Waals surface area contributed by atoms with Gasteiger partial charge in [-0.3, -0.25) is 9.69 Å². The largest absolute Gasteiger partial charge is 0.379 e. The van der Waals surface area contributed by atoms with Crippen molar-refractivity contribution < 1.29 is 9.53 Å². The number of amides is 1. The maximum atomic E-state index is 11.6. The quantitative estimate of drug-likeness (QED) is 0.638. The number of morpholine rings is 1. The second kappa shape index (κ2) is 10.2. The Kier molecular flexibility index (Phi) is 7.16. The summed E-state index contributed by atoms with van der Waals surface area (Å²) in [7, 11) is 0. The van der Waals surface area contributed by atoms with E-state index in [4.69, 9.17) is 9.72 Å². The summed E-state index contributed by atoms with van der Waals surface area (Å²) in [6, 6.07) is 4.50. The summed E-state index contributed by atoms with van der Waals surface area (Å²) in [5, 5.41) is 7.25. The highest BCUT2D eigenvalue weighted by molar-refractivity contribution is 7.15. The van der Waals surface area contributed by atoms with Crippen LogP contribution in [0.3, 0.4) is 0 Å². The molecule has 0 atom stereocenters. The van der Waals surface area contributed by atoms with Crippen LogP contribution in [0.1, 0.15) is 23.3 Å². The van der Waals surface area contributed by atoms with Crippen LogP contribution in [0.25, 0.3) is 0 Å². The Labute approximate surface area is 187 Å². The Bertz CT molecular complexity index is 903. The first kappa shape index (κ1) is 21.7. The van der Waals surface area contributed by atoms with Crippen molar-refractivity contribution in [1.29, 1.82) is 0 Å². The molecule has 4 heterocycles. The molecule has 2 N–H and O–H groups in total. The van der Waals surface area contributed by atoms with E-state index >= 15 is 0 Å². The average Bonchev–Trinajstić information content (AvgIpc) is 3.19. The number of pyridine rings is 1. The van der Waals surface area contributed by atoms with Gasteiger partial charge in [0.2, 0.25) is 5.91 Å². The second-order valence-electron chi connectivity index (χ2n) is 7.98. The smallest absolute Gasteiger partial charge is 0.243 e. The second-order valence-corrected chi connectivity index (χ2v) is 9.22. The number of thiazole rings is 1. The SMILES string of the molecule is C=CC(=O)NC1CCN(c2cc(CN3CCOCC3)cc(Nc3ncc(C)s3)n2)CC1. The van der Waals surface area contributed by atoms with Gasteiger partial charge in [0, 0.05) is 49.8 Å². The third kappa shape index (κ3) is 6.03. The van der Waals surface area contributed by atoms with Crippen molar-refractivity contribution in [1.82, 2.24) is 20.2 Å². The molecular weight excluding hydrogens is 412 g/mol. The zero-order valence-corrected chi connectivity index (χ0v) is 18.8. The van der Waals surface area contributed by atoms with Gasteiger partial charge < -0.3 is 20.3 Å². The standard InChI is InChI=1S/C22H30N6O2S/c1-3-21(29)24-18-4-6-28(7-5-18)20-13-17(15-27-8-10-30-11-9-27)12-19(25-20)26-22-23-14-16(2)31-22/h3,12-14,18H,1,4-11,15H2,2H3,(H,24,29)(H,23,25,26). The zero-order valence-electron chi connectivity index (χ0n) is 18.0. The lowest BCUT2D eigenvalue weighted by Crippen LogP contribution is -2.44. The van der Waals surface area contributed by atoms with Crippen molar-refractivity contribution in [2.75, 3.05) is 49.6 Å². The number of nitrogens with zero attached hydrogens (tertiary/aromatic N) is 4. The van der Waals surface area contributed by atoms with Crippen molar-refractivity contribution in [3.63, 3.8) is 0 Å². The van der Waals surface area contributed by atoms with Gasteiger partial charge in [0.15, 0.2) is 5.13 Å². The average molecular weight is 443 g/mol. The molecule has 2 aromatic heterocycles. The fraction of sp³-hybridized carbons (Fsp3) is 0.500. The molecule has 0 saturated carbocycles. The lowest BCUT2D eigenvalue weighted by atomic mass is 10.0. The third-order valence-corrected chi connectivity index (χ3v) is 6.42. The normalized spacial score (nSPS) is 18.0. The van der Waals surface area contributed by atoms with Gasteiger partial charge in [0.05, 0.1) is 13.2 Å². The van der Waals surface area contributed by atoms with Crippen LogP contribution in [0.15, 0.2) is 31.0 Å². The van der Waals surface area contributed by atoms with E-state index in [1.54, 1.807) is 11.3 Å². The molecule has 8 nitrogen and oxygen atoms in total. The van der Waals surface area contributed by atoms with E-state index in [1.807, 2.05) is 13.1 Å². The first-order valence-corrected chi connectivity index (χ1v) is 11.6. The first-order valence-electron chi connectivity index (χ1n) is 10.8.